The SMILES string of the molecule is CCc1ccc(N2C(N)=C(C#N)C(c3cc(C)cc(COc4ccc(C)cc4)c3C)C3=C2CC(C)(C)CC3=O)cc1. The Bertz CT molecular complexity index is 1600. The number of hydrogen-bond acceptors (Lipinski definition) is 5. The van der Waals surface area contributed by atoms with Crippen LogP contribution in [0.2, 0.25) is 0 Å². The molecule has 1 atom stereocenters. The van der Waals surface area contributed by atoms with Crippen molar-refractivity contribution in [3.8, 4) is 11.8 Å². The maximum absolute atomic E-state index is 14.0. The number of nitriles is 1. The summed E-state index contributed by atoms with van der Waals surface area (Å²) in [6, 6.07) is 22.9. The van der Waals surface area contributed by atoms with E-state index in [-0.39, 0.29) is 11.2 Å². The number of carbonyl (C=O) groups excluding carboxylic acids is 1. The average Bonchev–Trinajstić information content (AvgIpc) is 2.93. The van der Waals surface area contributed by atoms with Gasteiger partial charge in [0.05, 0.1) is 17.6 Å². The second kappa shape index (κ2) is 10.9. The Balaban J connectivity index is 1.65. The Morgan fingerprint density at radius 2 is 1.68 bits per heavy atom. The van der Waals surface area contributed by atoms with Crippen molar-refractivity contribution in [2.75, 3.05) is 4.90 Å². The van der Waals surface area contributed by atoms with Crippen molar-refractivity contribution < 1.29 is 9.53 Å². The van der Waals surface area contributed by atoms with Gasteiger partial charge in [0.15, 0.2) is 5.78 Å². The Morgan fingerprint density at radius 1 is 1.00 bits per heavy atom. The number of ether oxygens (including phenoxy) is 1. The maximum atomic E-state index is 14.0. The van der Waals surface area contributed by atoms with Crippen LogP contribution in [-0.4, -0.2) is 5.78 Å². The normalized spacial score (nSPS) is 18.3. The highest BCUT2D eigenvalue weighted by Crippen LogP contribution is 2.51. The lowest BCUT2D eigenvalue weighted by molar-refractivity contribution is -0.118. The molecular formula is C36H39N3O2. The molecule has 0 radical (unpaired) electrons. The summed E-state index contributed by atoms with van der Waals surface area (Å²) in [4.78, 5) is 16.0. The van der Waals surface area contributed by atoms with Gasteiger partial charge in [0.25, 0.3) is 0 Å². The first-order chi connectivity index (χ1) is 19.5. The third-order valence-electron chi connectivity index (χ3n) is 8.41. The zero-order valence-electron chi connectivity index (χ0n) is 25.0. The monoisotopic (exact) mass is 545 g/mol. The molecule has 0 saturated heterocycles. The van der Waals surface area contributed by atoms with Gasteiger partial charge in [-0.25, -0.2) is 0 Å². The topological polar surface area (TPSA) is 79.3 Å². The van der Waals surface area contributed by atoms with Gasteiger partial charge in [-0.15, -0.1) is 0 Å². The molecule has 1 aliphatic heterocycles. The molecule has 0 spiro atoms. The number of anilines is 1. The third kappa shape index (κ3) is 5.39. The first kappa shape index (κ1) is 28.2. The van der Waals surface area contributed by atoms with E-state index in [0.29, 0.717) is 36.4 Å². The van der Waals surface area contributed by atoms with Crippen LogP contribution < -0.4 is 15.4 Å². The van der Waals surface area contributed by atoms with Crippen LogP contribution in [0.4, 0.5) is 5.69 Å². The highest BCUT2D eigenvalue weighted by Gasteiger charge is 2.45. The fourth-order valence-corrected chi connectivity index (χ4v) is 6.20. The molecule has 5 rings (SSSR count). The fourth-order valence-electron chi connectivity index (χ4n) is 6.20. The summed E-state index contributed by atoms with van der Waals surface area (Å²) in [5, 5.41) is 10.6. The molecule has 0 bridgehead atoms. The second-order valence-corrected chi connectivity index (χ2v) is 12.2. The van der Waals surface area contributed by atoms with Crippen molar-refractivity contribution in [2.24, 2.45) is 11.1 Å². The number of nitrogens with zero attached hydrogens (tertiary/aromatic N) is 2. The molecule has 1 unspecified atom stereocenters. The van der Waals surface area contributed by atoms with Crippen molar-refractivity contribution in [1.29, 1.82) is 5.26 Å². The van der Waals surface area contributed by atoms with Crippen LogP contribution >= 0.6 is 0 Å². The fraction of sp³-hybridized carbons (Fsp3) is 0.333. The van der Waals surface area contributed by atoms with E-state index in [4.69, 9.17) is 10.5 Å². The number of nitrogens with two attached hydrogens (primary N) is 1. The van der Waals surface area contributed by atoms with Crippen molar-refractivity contribution >= 4 is 11.5 Å². The Labute approximate surface area is 243 Å². The highest BCUT2D eigenvalue weighted by atomic mass is 16.5. The van der Waals surface area contributed by atoms with Gasteiger partial charge < -0.3 is 10.5 Å². The Hall–Kier alpha value is -4.30. The summed E-state index contributed by atoms with van der Waals surface area (Å²) < 4.78 is 6.16. The molecule has 0 fully saturated rings. The van der Waals surface area contributed by atoms with Crippen molar-refractivity contribution in [2.45, 2.75) is 73.3 Å². The smallest absolute Gasteiger partial charge is 0.162 e. The lowest BCUT2D eigenvalue weighted by atomic mass is 9.68. The van der Waals surface area contributed by atoms with Gasteiger partial charge in [0.1, 0.15) is 18.2 Å². The van der Waals surface area contributed by atoms with Gasteiger partial charge in [-0.1, -0.05) is 68.3 Å². The maximum Gasteiger partial charge on any atom is 0.162 e. The molecule has 1 aliphatic carbocycles. The first-order valence-corrected chi connectivity index (χ1v) is 14.4. The van der Waals surface area contributed by atoms with Crippen molar-refractivity contribution in [3.63, 3.8) is 0 Å². The molecule has 3 aromatic rings. The van der Waals surface area contributed by atoms with Crippen LogP contribution in [0, 0.1) is 37.5 Å². The van der Waals surface area contributed by atoms with E-state index in [1.54, 1.807) is 0 Å². The average molecular weight is 546 g/mol. The standard InChI is InChI=1S/C36H39N3O2/c1-7-25-10-12-27(13-11-25)39-31-18-36(5,6)19-32(40)34(31)33(30(20-37)35(39)38)29-17-23(3)16-26(24(29)4)21-41-28-14-8-22(2)9-15-28/h8-17,33H,7,18-19,21,38H2,1-6H3. The summed E-state index contributed by atoms with van der Waals surface area (Å²) in [6.45, 7) is 12.9. The first-order valence-electron chi connectivity index (χ1n) is 14.4. The van der Waals surface area contributed by atoms with Crippen LogP contribution in [0.3, 0.4) is 0 Å². The van der Waals surface area contributed by atoms with Crippen molar-refractivity contribution in [3.05, 3.63) is 117 Å². The number of carbonyl (C=O) groups is 1. The van der Waals surface area contributed by atoms with E-state index in [1.807, 2.05) is 48.2 Å². The minimum absolute atomic E-state index is 0.0787. The lowest BCUT2D eigenvalue weighted by Crippen LogP contribution is -2.42. The van der Waals surface area contributed by atoms with E-state index in [1.165, 1.54) is 11.1 Å². The molecule has 2 N–H and O–H groups in total. The van der Waals surface area contributed by atoms with Crippen LogP contribution in [0.15, 0.2) is 83.3 Å². The largest absolute Gasteiger partial charge is 0.489 e. The second-order valence-electron chi connectivity index (χ2n) is 12.2. The molecule has 3 aromatic carbocycles. The van der Waals surface area contributed by atoms with Crippen LogP contribution in [0.1, 0.15) is 72.9 Å². The van der Waals surface area contributed by atoms with E-state index in [9.17, 15) is 10.1 Å². The van der Waals surface area contributed by atoms with Gasteiger partial charge in [-0.05, 0) is 85.5 Å². The molecule has 0 aromatic heterocycles. The Kier molecular flexibility index (Phi) is 7.53. The van der Waals surface area contributed by atoms with Gasteiger partial charge >= 0.3 is 0 Å². The molecule has 0 amide bonds. The number of ketones is 1. The minimum atomic E-state index is -0.525. The minimum Gasteiger partial charge on any atom is -0.489 e. The van der Waals surface area contributed by atoms with Gasteiger partial charge in [-0.3, -0.25) is 9.69 Å². The van der Waals surface area contributed by atoms with E-state index >= 15 is 0 Å². The van der Waals surface area contributed by atoms with Gasteiger partial charge in [0, 0.05) is 23.4 Å². The summed E-state index contributed by atoms with van der Waals surface area (Å²) in [7, 11) is 0. The summed E-state index contributed by atoms with van der Waals surface area (Å²) in [5.41, 5.74) is 16.0. The molecule has 41 heavy (non-hydrogen) atoms. The predicted molar refractivity (Wildman–Crippen MR) is 164 cm³/mol. The van der Waals surface area contributed by atoms with Crippen LogP contribution in [0.5, 0.6) is 5.75 Å². The molecule has 0 saturated carbocycles. The Morgan fingerprint density at radius 3 is 2.32 bits per heavy atom. The number of allylic oxidation sites excluding steroid dienone is 3. The number of rotatable bonds is 6. The lowest BCUT2D eigenvalue weighted by Gasteiger charge is -2.44. The number of hydrogen-bond donors (Lipinski definition) is 1. The summed E-state index contributed by atoms with van der Waals surface area (Å²) in [6.07, 6.45) is 2.05. The van der Waals surface area contributed by atoms with E-state index in [2.05, 4.69) is 65.0 Å². The molecular weight excluding hydrogens is 506 g/mol. The van der Waals surface area contributed by atoms with Crippen molar-refractivity contribution in [1.82, 2.24) is 0 Å². The third-order valence-corrected chi connectivity index (χ3v) is 8.41. The summed E-state index contributed by atoms with van der Waals surface area (Å²) in [5.74, 6) is 0.749. The summed E-state index contributed by atoms with van der Waals surface area (Å²) >= 11 is 0. The zero-order valence-corrected chi connectivity index (χ0v) is 25.0. The van der Waals surface area contributed by atoms with E-state index < -0.39 is 5.92 Å². The molecule has 5 heteroatoms. The van der Waals surface area contributed by atoms with Crippen LogP contribution in [-0.2, 0) is 17.8 Å². The predicted octanol–water partition coefficient (Wildman–Crippen LogP) is 7.69. The van der Waals surface area contributed by atoms with Crippen LogP contribution in [0.25, 0.3) is 0 Å². The number of benzene rings is 3. The molecule has 5 nitrogen and oxygen atoms in total. The number of Topliss-reactive ketones (excluding diaryl/α,β-unsaturated/α-hetero) is 1. The van der Waals surface area contributed by atoms with Gasteiger partial charge in [0.2, 0.25) is 0 Å². The van der Waals surface area contributed by atoms with Gasteiger partial charge in [-0.2, -0.15) is 5.26 Å². The zero-order chi connectivity index (χ0) is 29.5. The molecule has 2 aliphatic rings. The molecule has 210 valence electrons. The molecule has 1 heterocycles. The highest BCUT2D eigenvalue weighted by molar-refractivity contribution is 6.01. The van der Waals surface area contributed by atoms with E-state index in [0.717, 1.165) is 45.8 Å². The quantitative estimate of drug-likeness (QED) is 0.343. The number of aryl methyl sites for hydroxylation is 3.